The van der Waals surface area contributed by atoms with Gasteiger partial charge in [-0.15, -0.1) is 0 Å². The number of carbonyl (C=O) groups is 1. The summed E-state index contributed by atoms with van der Waals surface area (Å²) >= 11 is 3.38. The van der Waals surface area contributed by atoms with E-state index in [1.165, 1.54) is 38.5 Å². The molecule has 1 aliphatic carbocycles. The molecule has 1 saturated carbocycles. The first kappa shape index (κ1) is 15.5. The van der Waals surface area contributed by atoms with Crippen molar-refractivity contribution in [3.8, 4) is 0 Å². The molecule has 0 saturated heterocycles. The summed E-state index contributed by atoms with van der Waals surface area (Å²) in [7, 11) is 0. The molecule has 3 nitrogen and oxygen atoms in total. The Morgan fingerprint density at radius 2 is 1.90 bits per heavy atom. The maximum atomic E-state index is 11.9. The van der Waals surface area contributed by atoms with Crippen molar-refractivity contribution >= 4 is 21.8 Å². The molecule has 4 heteroatoms. The van der Waals surface area contributed by atoms with Crippen molar-refractivity contribution in [1.82, 2.24) is 10.6 Å². The first-order valence-electron chi connectivity index (χ1n) is 7.53. The average Bonchev–Trinajstić information content (AvgIpc) is 2.72. The number of hydrogen-bond acceptors (Lipinski definition) is 2. The van der Waals surface area contributed by atoms with Gasteiger partial charge in [0, 0.05) is 29.2 Å². The number of carbonyl (C=O) groups excluding carboxylic acids is 1. The van der Waals surface area contributed by atoms with Crippen LogP contribution in [0.25, 0.3) is 0 Å². The molecule has 1 aromatic rings. The minimum Gasteiger partial charge on any atom is -0.351 e. The lowest BCUT2D eigenvalue weighted by atomic mass is 10.1. The molecule has 1 aromatic carbocycles. The monoisotopic (exact) mass is 338 g/mol. The van der Waals surface area contributed by atoms with Crippen LogP contribution in [0.2, 0.25) is 0 Å². The number of nitrogens with one attached hydrogen (secondary N) is 2. The van der Waals surface area contributed by atoms with Crippen LogP contribution in [0.5, 0.6) is 0 Å². The molecule has 0 aromatic heterocycles. The van der Waals surface area contributed by atoms with Crippen LogP contribution in [0.1, 0.15) is 48.9 Å². The lowest BCUT2D eigenvalue weighted by Crippen LogP contribution is -2.36. The third kappa shape index (κ3) is 5.25. The van der Waals surface area contributed by atoms with E-state index in [1.807, 2.05) is 24.3 Å². The van der Waals surface area contributed by atoms with Crippen molar-refractivity contribution in [2.45, 2.75) is 44.6 Å². The van der Waals surface area contributed by atoms with E-state index < -0.39 is 0 Å². The van der Waals surface area contributed by atoms with Crippen molar-refractivity contribution in [2.24, 2.45) is 0 Å². The third-order valence-corrected chi connectivity index (χ3v) is 4.28. The first-order chi connectivity index (χ1) is 9.75. The Morgan fingerprint density at radius 1 is 1.15 bits per heavy atom. The van der Waals surface area contributed by atoms with Gasteiger partial charge in [-0.05, 0) is 31.0 Å². The van der Waals surface area contributed by atoms with Gasteiger partial charge in [0.15, 0.2) is 0 Å². The highest BCUT2D eigenvalue weighted by molar-refractivity contribution is 9.10. The minimum atomic E-state index is -0.00559. The van der Waals surface area contributed by atoms with E-state index in [-0.39, 0.29) is 5.91 Å². The van der Waals surface area contributed by atoms with E-state index in [0.29, 0.717) is 18.2 Å². The Kier molecular flexibility index (Phi) is 6.54. The summed E-state index contributed by atoms with van der Waals surface area (Å²) in [4.78, 5) is 11.9. The molecule has 1 amide bonds. The molecule has 1 fully saturated rings. The van der Waals surface area contributed by atoms with E-state index in [9.17, 15) is 4.79 Å². The Bertz CT molecular complexity index is 428. The zero-order valence-electron chi connectivity index (χ0n) is 11.8. The number of rotatable bonds is 5. The largest absolute Gasteiger partial charge is 0.351 e. The van der Waals surface area contributed by atoms with Gasteiger partial charge in [0.25, 0.3) is 5.91 Å². The predicted octanol–water partition coefficient (Wildman–Crippen LogP) is 3.49. The van der Waals surface area contributed by atoms with Gasteiger partial charge in [0.1, 0.15) is 0 Å². The zero-order chi connectivity index (χ0) is 14.2. The van der Waals surface area contributed by atoms with Crippen LogP contribution in [-0.4, -0.2) is 25.0 Å². The second kappa shape index (κ2) is 8.42. The van der Waals surface area contributed by atoms with E-state index in [0.717, 1.165) is 11.0 Å². The van der Waals surface area contributed by atoms with Crippen LogP contribution in [-0.2, 0) is 0 Å². The highest BCUT2D eigenvalue weighted by Gasteiger charge is 2.11. The normalized spacial score (nSPS) is 16.6. The Morgan fingerprint density at radius 3 is 2.60 bits per heavy atom. The van der Waals surface area contributed by atoms with Crippen molar-refractivity contribution in [1.29, 1.82) is 0 Å². The molecule has 2 N–H and O–H groups in total. The summed E-state index contributed by atoms with van der Waals surface area (Å²) in [5, 5.41) is 6.51. The molecule has 0 heterocycles. The summed E-state index contributed by atoms with van der Waals surface area (Å²) < 4.78 is 0.932. The number of hydrogen-bond donors (Lipinski definition) is 2. The highest BCUT2D eigenvalue weighted by atomic mass is 79.9. The summed E-state index contributed by atoms with van der Waals surface area (Å²) in [6, 6.07) is 8.11. The van der Waals surface area contributed by atoms with Crippen molar-refractivity contribution in [2.75, 3.05) is 13.1 Å². The van der Waals surface area contributed by atoms with Gasteiger partial charge in [-0.2, -0.15) is 0 Å². The molecule has 0 bridgehead atoms. The molecule has 0 aliphatic heterocycles. The van der Waals surface area contributed by atoms with Gasteiger partial charge < -0.3 is 10.6 Å². The van der Waals surface area contributed by atoms with Crippen LogP contribution in [0.15, 0.2) is 28.7 Å². The highest BCUT2D eigenvalue weighted by Crippen LogP contribution is 2.16. The molecule has 2 rings (SSSR count). The molecular formula is C16H23BrN2O. The van der Waals surface area contributed by atoms with E-state index in [1.54, 1.807) is 0 Å². The minimum absolute atomic E-state index is 0.00559. The molecule has 20 heavy (non-hydrogen) atoms. The second-order valence-electron chi connectivity index (χ2n) is 5.41. The van der Waals surface area contributed by atoms with E-state index in [4.69, 9.17) is 0 Å². The van der Waals surface area contributed by atoms with Gasteiger partial charge in [0.05, 0.1) is 0 Å². The van der Waals surface area contributed by atoms with E-state index >= 15 is 0 Å². The summed E-state index contributed by atoms with van der Waals surface area (Å²) in [6.45, 7) is 1.53. The Balaban J connectivity index is 1.66. The van der Waals surface area contributed by atoms with Crippen LogP contribution < -0.4 is 10.6 Å². The summed E-state index contributed by atoms with van der Waals surface area (Å²) in [5.74, 6) is -0.00559. The molecule has 1 aliphatic rings. The zero-order valence-corrected chi connectivity index (χ0v) is 13.4. The van der Waals surface area contributed by atoms with Gasteiger partial charge in [-0.1, -0.05) is 47.7 Å². The fourth-order valence-corrected chi connectivity index (χ4v) is 3.07. The quantitative estimate of drug-likeness (QED) is 0.637. The van der Waals surface area contributed by atoms with Crippen LogP contribution in [0.3, 0.4) is 0 Å². The first-order valence-corrected chi connectivity index (χ1v) is 8.32. The Hall–Kier alpha value is -0.870. The molecule has 0 unspecified atom stereocenters. The van der Waals surface area contributed by atoms with Gasteiger partial charge in [-0.25, -0.2) is 0 Å². The topological polar surface area (TPSA) is 41.1 Å². The second-order valence-corrected chi connectivity index (χ2v) is 6.32. The fourth-order valence-electron chi connectivity index (χ4n) is 2.67. The van der Waals surface area contributed by atoms with Crippen LogP contribution in [0.4, 0.5) is 0 Å². The fraction of sp³-hybridized carbons (Fsp3) is 0.562. The van der Waals surface area contributed by atoms with Crippen molar-refractivity contribution < 1.29 is 4.79 Å². The van der Waals surface area contributed by atoms with E-state index in [2.05, 4.69) is 26.6 Å². The smallest absolute Gasteiger partial charge is 0.251 e. The lowest BCUT2D eigenvalue weighted by Gasteiger charge is -2.16. The molecule has 0 radical (unpaired) electrons. The maximum Gasteiger partial charge on any atom is 0.251 e. The standard InChI is InChI=1S/C16H23BrN2O/c17-14-7-5-6-13(12-14)16(20)19-11-10-18-15-8-3-1-2-4-9-15/h5-7,12,15,18H,1-4,8-11H2,(H,19,20). The Labute approximate surface area is 129 Å². The lowest BCUT2D eigenvalue weighted by molar-refractivity contribution is 0.0953. The number of amides is 1. The van der Waals surface area contributed by atoms with Gasteiger partial charge in [0.2, 0.25) is 0 Å². The number of halogens is 1. The average molecular weight is 339 g/mol. The summed E-state index contributed by atoms with van der Waals surface area (Å²) in [5.41, 5.74) is 0.703. The van der Waals surface area contributed by atoms with Crippen molar-refractivity contribution in [3.05, 3.63) is 34.3 Å². The molecule has 0 atom stereocenters. The van der Waals surface area contributed by atoms with Gasteiger partial charge >= 0.3 is 0 Å². The number of benzene rings is 1. The molecule has 110 valence electrons. The predicted molar refractivity (Wildman–Crippen MR) is 86.0 cm³/mol. The van der Waals surface area contributed by atoms with Crippen molar-refractivity contribution in [3.63, 3.8) is 0 Å². The SMILES string of the molecule is O=C(NCCNC1CCCCCC1)c1cccc(Br)c1. The van der Waals surface area contributed by atoms with Crippen LogP contribution >= 0.6 is 15.9 Å². The molecule has 0 spiro atoms. The van der Waals surface area contributed by atoms with Crippen LogP contribution in [0, 0.1) is 0 Å². The maximum absolute atomic E-state index is 11.9. The third-order valence-electron chi connectivity index (χ3n) is 3.79. The van der Waals surface area contributed by atoms with Gasteiger partial charge in [-0.3, -0.25) is 4.79 Å². The molecular weight excluding hydrogens is 316 g/mol. The summed E-state index contributed by atoms with van der Waals surface area (Å²) in [6.07, 6.45) is 7.97.